The summed E-state index contributed by atoms with van der Waals surface area (Å²) < 4.78 is 108. The average molecular weight is 669 g/mol. The molecule has 238 valence electrons. The highest BCUT2D eigenvalue weighted by Crippen LogP contribution is 2.25. The van der Waals surface area contributed by atoms with Crippen LogP contribution >= 0.6 is 0 Å². The fourth-order valence-electron chi connectivity index (χ4n) is 3.62. The number of aliphatic carboxylic acids is 1. The summed E-state index contributed by atoms with van der Waals surface area (Å²) >= 11 is 0. The SMILES string of the molecule is COC(=O)CN(c1ccc(F)cc1)S(=O)(=O)c1ccc(F)cc1.O=C(O)CN(c1ccc(F)cc1)S(=O)(=O)c1ccc(F)cc1. The molecule has 45 heavy (non-hydrogen) atoms. The van der Waals surface area contributed by atoms with Crippen molar-refractivity contribution in [1.82, 2.24) is 0 Å². The third-order valence-corrected chi connectivity index (χ3v) is 9.39. The maximum atomic E-state index is 13.0. The highest BCUT2D eigenvalue weighted by atomic mass is 32.2. The molecule has 1 N–H and O–H groups in total. The van der Waals surface area contributed by atoms with Crippen molar-refractivity contribution in [3.8, 4) is 0 Å². The molecule has 0 radical (unpaired) electrons. The van der Waals surface area contributed by atoms with E-state index in [0.29, 0.717) is 4.31 Å². The van der Waals surface area contributed by atoms with Crippen molar-refractivity contribution < 1.29 is 53.8 Å². The molecule has 0 aliphatic heterocycles. The number of benzene rings is 4. The topological polar surface area (TPSA) is 138 Å². The number of nitrogens with zero attached hydrogens (tertiary/aromatic N) is 2. The zero-order chi connectivity index (χ0) is 33.4. The second-order valence-corrected chi connectivity index (χ2v) is 12.6. The van der Waals surface area contributed by atoms with E-state index in [0.717, 1.165) is 96.3 Å². The van der Waals surface area contributed by atoms with Crippen molar-refractivity contribution >= 4 is 43.4 Å². The predicted molar refractivity (Wildman–Crippen MR) is 154 cm³/mol. The second kappa shape index (κ2) is 14.7. The monoisotopic (exact) mass is 668 g/mol. The molecule has 0 saturated carbocycles. The van der Waals surface area contributed by atoms with Crippen molar-refractivity contribution in [3.05, 3.63) is 120 Å². The van der Waals surface area contributed by atoms with E-state index in [2.05, 4.69) is 4.74 Å². The van der Waals surface area contributed by atoms with E-state index >= 15 is 0 Å². The Bertz CT molecular complexity index is 1840. The summed E-state index contributed by atoms with van der Waals surface area (Å²) in [6.07, 6.45) is 0. The Labute approximate surface area is 255 Å². The number of carboxylic acids is 1. The lowest BCUT2D eigenvalue weighted by Crippen LogP contribution is -2.36. The number of rotatable bonds is 10. The largest absolute Gasteiger partial charge is 0.480 e. The predicted octanol–water partition coefficient (Wildman–Crippen LogP) is 4.58. The van der Waals surface area contributed by atoms with E-state index < -0.39 is 68.3 Å². The number of methoxy groups -OCH3 is 1. The van der Waals surface area contributed by atoms with Crippen molar-refractivity contribution in [2.45, 2.75) is 9.79 Å². The lowest BCUT2D eigenvalue weighted by atomic mass is 10.3. The third-order valence-electron chi connectivity index (χ3n) is 5.81. The first-order chi connectivity index (χ1) is 21.1. The van der Waals surface area contributed by atoms with E-state index in [-0.39, 0.29) is 21.2 Å². The average Bonchev–Trinajstić information content (AvgIpc) is 3.00. The number of carboxylic acid groups (broad SMARTS) is 1. The number of sulfonamides is 2. The van der Waals surface area contributed by atoms with Gasteiger partial charge in [0.05, 0.1) is 28.3 Å². The fourth-order valence-corrected chi connectivity index (χ4v) is 6.44. The number of hydrogen-bond donors (Lipinski definition) is 1. The zero-order valence-electron chi connectivity index (χ0n) is 23.2. The number of carbonyl (C=O) groups excluding carboxylic acids is 1. The Balaban J connectivity index is 0.000000246. The highest BCUT2D eigenvalue weighted by molar-refractivity contribution is 7.93. The molecule has 10 nitrogen and oxygen atoms in total. The van der Waals surface area contributed by atoms with Crippen molar-refractivity contribution in [3.63, 3.8) is 0 Å². The van der Waals surface area contributed by atoms with Gasteiger partial charge in [-0.05, 0) is 97.1 Å². The quantitative estimate of drug-likeness (QED) is 0.192. The summed E-state index contributed by atoms with van der Waals surface area (Å²) in [5.74, 6) is -4.52. The van der Waals surface area contributed by atoms with Gasteiger partial charge in [0.15, 0.2) is 0 Å². The van der Waals surface area contributed by atoms with E-state index in [9.17, 15) is 44.0 Å². The molecule has 0 aliphatic carbocycles. The van der Waals surface area contributed by atoms with E-state index in [1.54, 1.807) is 0 Å². The number of anilines is 2. The lowest BCUT2D eigenvalue weighted by Gasteiger charge is -2.23. The van der Waals surface area contributed by atoms with E-state index in [1.165, 1.54) is 12.1 Å². The number of carbonyl (C=O) groups is 2. The number of halogens is 4. The van der Waals surface area contributed by atoms with Gasteiger partial charge in [-0.2, -0.15) is 0 Å². The molecule has 0 spiro atoms. The Morgan fingerprint density at radius 2 is 0.867 bits per heavy atom. The molecule has 16 heteroatoms. The Kier molecular flexibility index (Phi) is 11.3. The number of esters is 1. The minimum Gasteiger partial charge on any atom is -0.480 e. The molecular formula is C29H24F4N2O8S2. The second-order valence-electron chi connectivity index (χ2n) is 8.85. The van der Waals surface area contributed by atoms with Crippen LogP contribution in [0.1, 0.15) is 0 Å². The van der Waals surface area contributed by atoms with Crippen LogP contribution in [0.25, 0.3) is 0 Å². The first kappa shape index (κ1) is 34.5. The first-order valence-electron chi connectivity index (χ1n) is 12.5. The van der Waals surface area contributed by atoms with Gasteiger partial charge in [0.2, 0.25) is 0 Å². The summed E-state index contributed by atoms with van der Waals surface area (Å²) in [6.45, 7) is -1.44. The fraction of sp³-hybridized carbons (Fsp3) is 0.103. The van der Waals surface area contributed by atoms with Crippen molar-refractivity contribution in [2.24, 2.45) is 0 Å². The van der Waals surface area contributed by atoms with Crippen LogP contribution in [0.5, 0.6) is 0 Å². The molecule has 0 unspecified atom stereocenters. The maximum absolute atomic E-state index is 13.0. The summed E-state index contributed by atoms with van der Waals surface area (Å²) in [5, 5.41) is 8.91. The molecule has 0 amide bonds. The van der Waals surface area contributed by atoms with Crippen LogP contribution in [0.15, 0.2) is 107 Å². The number of hydrogen-bond acceptors (Lipinski definition) is 7. The van der Waals surface area contributed by atoms with Gasteiger partial charge in [-0.3, -0.25) is 18.2 Å². The third kappa shape index (κ3) is 9.02. The molecule has 0 bridgehead atoms. The van der Waals surface area contributed by atoms with Gasteiger partial charge in [0.1, 0.15) is 36.4 Å². The van der Waals surface area contributed by atoms with Crippen LogP contribution in [0, 0.1) is 23.3 Å². The Morgan fingerprint density at radius 3 is 1.16 bits per heavy atom. The normalized spacial score (nSPS) is 11.1. The minimum atomic E-state index is -4.22. The van der Waals surface area contributed by atoms with Crippen LogP contribution in [0.3, 0.4) is 0 Å². The smallest absolute Gasteiger partial charge is 0.326 e. The minimum absolute atomic E-state index is 0.00637. The van der Waals surface area contributed by atoms with Crippen LogP contribution in [-0.2, 0) is 34.4 Å². The lowest BCUT2D eigenvalue weighted by molar-refractivity contribution is -0.139. The van der Waals surface area contributed by atoms with Gasteiger partial charge in [0, 0.05) is 0 Å². The summed E-state index contributed by atoms with van der Waals surface area (Å²) in [5.41, 5.74) is 0.0780. The van der Waals surface area contributed by atoms with Crippen LogP contribution in [0.4, 0.5) is 28.9 Å². The van der Waals surface area contributed by atoms with Crippen LogP contribution < -0.4 is 8.61 Å². The van der Waals surface area contributed by atoms with Gasteiger partial charge in [0.25, 0.3) is 20.0 Å². The van der Waals surface area contributed by atoms with Crippen LogP contribution in [0.2, 0.25) is 0 Å². The molecular weight excluding hydrogens is 644 g/mol. The summed E-state index contributed by atoms with van der Waals surface area (Å²) in [4.78, 5) is 22.0. The maximum Gasteiger partial charge on any atom is 0.326 e. The summed E-state index contributed by atoms with van der Waals surface area (Å²) in [7, 11) is -7.24. The van der Waals surface area contributed by atoms with Crippen molar-refractivity contribution in [1.29, 1.82) is 0 Å². The van der Waals surface area contributed by atoms with E-state index in [1.807, 2.05) is 0 Å². The van der Waals surface area contributed by atoms with Gasteiger partial charge in [-0.15, -0.1) is 0 Å². The number of ether oxygens (including phenoxy) is 1. The highest BCUT2D eigenvalue weighted by Gasteiger charge is 2.28. The Hall–Kier alpha value is -4.96. The molecule has 0 fully saturated rings. The van der Waals surface area contributed by atoms with Crippen LogP contribution in [-0.4, -0.2) is 54.1 Å². The molecule has 4 rings (SSSR count). The molecule has 4 aromatic rings. The van der Waals surface area contributed by atoms with E-state index in [4.69, 9.17) is 5.11 Å². The molecule has 0 atom stereocenters. The molecule has 0 heterocycles. The van der Waals surface area contributed by atoms with Gasteiger partial charge in [-0.1, -0.05) is 0 Å². The zero-order valence-corrected chi connectivity index (χ0v) is 24.8. The van der Waals surface area contributed by atoms with Gasteiger partial charge >= 0.3 is 11.9 Å². The van der Waals surface area contributed by atoms with Gasteiger partial charge < -0.3 is 9.84 Å². The molecule has 4 aromatic carbocycles. The molecule has 0 aliphatic rings. The molecule has 0 aromatic heterocycles. The molecule has 0 saturated heterocycles. The Morgan fingerprint density at radius 1 is 0.578 bits per heavy atom. The first-order valence-corrected chi connectivity index (χ1v) is 15.4. The van der Waals surface area contributed by atoms with Crippen molar-refractivity contribution in [2.75, 3.05) is 28.8 Å². The summed E-state index contributed by atoms with van der Waals surface area (Å²) in [6, 6.07) is 17.0. The standard InChI is InChI=1S/C15H13F2NO4S.C14H11F2NO4S/c1-22-15(19)10-18(13-6-2-11(16)3-7-13)23(20,21)14-8-4-12(17)5-9-14;15-10-1-5-12(6-2-10)17(9-14(18)19)22(20,21)13-7-3-11(16)4-8-13/h2-9H,10H2,1H3;1-8H,9H2,(H,18,19). The van der Waals surface area contributed by atoms with Gasteiger partial charge in [-0.25, -0.2) is 34.4 Å².